The van der Waals surface area contributed by atoms with Crippen LogP contribution in [0.4, 0.5) is 0 Å². The second kappa shape index (κ2) is 5.47. The van der Waals surface area contributed by atoms with Crippen molar-refractivity contribution >= 4 is 21.8 Å². The zero-order valence-electron chi connectivity index (χ0n) is 12.7. The van der Waals surface area contributed by atoms with Crippen molar-refractivity contribution in [2.45, 2.75) is 53.0 Å². The molecule has 1 N–H and O–H groups in total. The molecule has 1 aliphatic rings. The fourth-order valence-electron chi connectivity index (χ4n) is 3.75. The van der Waals surface area contributed by atoms with E-state index in [1.54, 1.807) is 6.20 Å². The van der Waals surface area contributed by atoms with Crippen LogP contribution in [0.1, 0.15) is 57.4 Å². The standard InChI is InChI=1S/C16H23BrN2O/c1-15(2)8-11(9-16(3,4)10-15)19-14(20)13-12(17)6-5-7-18-13/h5-7,11H,8-10H2,1-4H3,(H,19,20). The molecule has 1 aliphatic carbocycles. The Morgan fingerprint density at radius 2 is 1.90 bits per heavy atom. The van der Waals surface area contributed by atoms with E-state index in [0.29, 0.717) is 5.69 Å². The van der Waals surface area contributed by atoms with Crippen LogP contribution in [-0.4, -0.2) is 16.9 Å². The molecule has 0 spiro atoms. The molecule has 1 heterocycles. The van der Waals surface area contributed by atoms with Crippen molar-refractivity contribution in [3.05, 3.63) is 28.5 Å². The highest BCUT2D eigenvalue weighted by atomic mass is 79.9. The Bertz CT molecular complexity index is 495. The number of nitrogens with one attached hydrogen (secondary N) is 1. The van der Waals surface area contributed by atoms with Crippen LogP contribution in [-0.2, 0) is 0 Å². The number of hydrogen-bond acceptors (Lipinski definition) is 2. The van der Waals surface area contributed by atoms with Gasteiger partial charge in [-0.3, -0.25) is 4.79 Å². The number of aromatic nitrogens is 1. The smallest absolute Gasteiger partial charge is 0.271 e. The fraction of sp³-hybridized carbons (Fsp3) is 0.625. The van der Waals surface area contributed by atoms with E-state index < -0.39 is 0 Å². The van der Waals surface area contributed by atoms with Crippen LogP contribution < -0.4 is 5.32 Å². The molecule has 1 amide bonds. The second-order valence-electron chi connectivity index (χ2n) is 7.42. The van der Waals surface area contributed by atoms with E-state index in [4.69, 9.17) is 0 Å². The lowest BCUT2D eigenvalue weighted by molar-refractivity contribution is 0.0710. The van der Waals surface area contributed by atoms with Gasteiger partial charge in [-0.2, -0.15) is 0 Å². The third-order valence-corrected chi connectivity index (χ3v) is 4.50. The van der Waals surface area contributed by atoms with Gasteiger partial charge in [0.25, 0.3) is 5.91 Å². The summed E-state index contributed by atoms with van der Waals surface area (Å²) in [5.74, 6) is -0.0871. The first-order valence-electron chi connectivity index (χ1n) is 7.10. The van der Waals surface area contributed by atoms with Crippen molar-refractivity contribution in [3.63, 3.8) is 0 Å². The Labute approximate surface area is 129 Å². The molecule has 1 aromatic rings. The summed E-state index contributed by atoms with van der Waals surface area (Å²) in [5, 5.41) is 3.16. The molecule has 0 atom stereocenters. The van der Waals surface area contributed by atoms with E-state index in [-0.39, 0.29) is 22.8 Å². The van der Waals surface area contributed by atoms with E-state index in [9.17, 15) is 4.79 Å². The monoisotopic (exact) mass is 338 g/mol. The van der Waals surface area contributed by atoms with Crippen molar-refractivity contribution in [1.29, 1.82) is 0 Å². The van der Waals surface area contributed by atoms with E-state index in [1.165, 1.54) is 6.42 Å². The molecule has 1 aromatic heterocycles. The lowest BCUT2D eigenvalue weighted by Crippen LogP contribution is -2.46. The molecule has 1 fully saturated rings. The molecule has 0 aromatic carbocycles. The lowest BCUT2D eigenvalue weighted by atomic mass is 9.63. The van der Waals surface area contributed by atoms with Gasteiger partial charge in [-0.05, 0) is 58.2 Å². The maximum Gasteiger partial charge on any atom is 0.271 e. The van der Waals surface area contributed by atoms with E-state index in [1.807, 2.05) is 12.1 Å². The maximum absolute atomic E-state index is 12.4. The highest BCUT2D eigenvalue weighted by molar-refractivity contribution is 9.10. The number of carbonyl (C=O) groups excluding carboxylic acids is 1. The van der Waals surface area contributed by atoms with Gasteiger partial charge in [-0.15, -0.1) is 0 Å². The summed E-state index contributed by atoms with van der Waals surface area (Å²) in [4.78, 5) is 16.5. The van der Waals surface area contributed by atoms with Crippen LogP contribution in [0.3, 0.4) is 0 Å². The molecule has 0 saturated heterocycles. The van der Waals surface area contributed by atoms with E-state index >= 15 is 0 Å². The summed E-state index contributed by atoms with van der Waals surface area (Å²) in [7, 11) is 0. The van der Waals surface area contributed by atoms with Gasteiger partial charge in [0.15, 0.2) is 0 Å². The Balaban J connectivity index is 2.10. The largest absolute Gasteiger partial charge is 0.348 e. The Morgan fingerprint density at radius 3 is 2.45 bits per heavy atom. The maximum atomic E-state index is 12.4. The molecule has 0 bridgehead atoms. The minimum atomic E-state index is -0.0871. The third kappa shape index (κ3) is 3.81. The van der Waals surface area contributed by atoms with Gasteiger partial charge >= 0.3 is 0 Å². The van der Waals surface area contributed by atoms with Crippen LogP contribution >= 0.6 is 15.9 Å². The van der Waals surface area contributed by atoms with Crippen molar-refractivity contribution in [2.75, 3.05) is 0 Å². The third-order valence-electron chi connectivity index (χ3n) is 3.86. The molecule has 0 radical (unpaired) electrons. The summed E-state index contributed by atoms with van der Waals surface area (Å²) in [6, 6.07) is 3.87. The highest BCUT2D eigenvalue weighted by Crippen LogP contribution is 2.45. The van der Waals surface area contributed by atoms with Gasteiger partial charge in [0.1, 0.15) is 5.69 Å². The molecule has 4 heteroatoms. The Morgan fingerprint density at radius 1 is 1.30 bits per heavy atom. The first-order chi connectivity index (χ1) is 9.19. The normalized spacial score (nSPS) is 21.4. The molecule has 2 rings (SSSR count). The molecule has 0 aliphatic heterocycles. The molecule has 110 valence electrons. The van der Waals surface area contributed by atoms with Gasteiger partial charge < -0.3 is 5.32 Å². The lowest BCUT2D eigenvalue weighted by Gasteiger charge is -2.45. The van der Waals surface area contributed by atoms with Gasteiger partial charge in [0.05, 0.1) is 0 Å². The highest BCUT2D eigenvalue weighted by Gasteiger charge is 2.39. The average Bonchev–Trinajstić information content (AvgIpc) is 2.24. The van der Waals surface area contributed by atoms with Crippen LogP contribution in [0.25, 0.3) is 0 Å². The van der Waals surface area contributed by atoms with E-state index in [0.717, 1.165) is 17.3 Å². The Hall–Kier alpha value is -0.900. The van der Waals surface area contributed by atoms with Crippen molar-refractivity contribution in [1.82, 2.24) is 10.3 Å². The van der Waals surface area contributed by atoms with Gasteiger partial charge in [-0.1, -0.05) is 27.7 Å². The first kappa shape index (κ1) is 15.5. The number of halogens is 1. The minimum absolute atomic E-state index is 0.0871. The predicted molar refractivity (Wildman–Crippen MR) is 84.6 cm³/mol. The minimum Gasteiger partial charge on any atom is -0.348 e. The second-order valence-corrected chi connectivity index (χ2v) is 8.27. The van der Waals surface area contributed by atoms with Crippen LogP contribution in [0.2, 0.25) is 0 Å². The molecular weight excluding hydrogens is 316 g/mol. The molecule has 0 unspecified atom stereocenters. The van der Waals surface area contributed by atoms with Crippen LogP contribution in [0.15, 0.2) is 22.8 Å². The number of rotatable bonds is 2. The molecular formula is C16H23BrN2O. The van der Waals surface area contributed by atoms with Gasteiger partial charge in [-0.25, -0.2) is 4.98 Å². The van der Waals surface area contributed by atoms with Crippen molar-refractivity contribution in [3.8, 4) is 0 Å². The summed E-state index contributed by atoms with van der Waals surface area (Å²) < 4.78 is 0.742. The fourth-order valence-corrected chi connectivity index (χ4v) is 4.19. The number of hydrogen-bond donors (Lipinski definition) is 1. The van der Waals surface area contributed by atoms with Gasteiger partial charge in [0, 0.05) is 16.7 Å². The van der Waals surface area contributed by atoms with Gasteiger partial charge in [0.2, 0.25) is 0 Å². The van der Waals surface area contributed by atoms with Crippen molar-refractivity contribution < 1.29 is 4.79 Å². The summed E-state index contributed by atoms with van der Waals surface area (Å²) in [5.41, 5.74) is 0.996. The summed E-state index contributed by atoms with van der Waals surface area (Å²) in [6.45, 7) is 9.13. The van der Waals surface area contributed by atoms with E-state index in [2.05, 4.69) is 53.9 Å². The zero-order chi connectivity index (χ0) is 15.0. The Kier molecular flexibility index (Phi) is 4.24. The average molecular weight is 339 g/mol. The number of nitrogens with zero attached hydrogens (tertiary/aromatic N) is 1. The number of carbonyl (C=O) groups is 1. The quantitative estimate of drug-likeness (QED) is 0.878. The topological polar surface area (TPSA) is 42.0 Å². The SMILES string of the molecule is CC1(C)CC(NC(=O)c2ncccc2Br)CC(C)(C)C1. The molecule has 3 nitrogen and oxygen atoms in total. The molecule has 1 saturated carbocycles. The van der Waals surface area contributed by atoms with Crippen LogP contribution in [0.5, 0.6) is 0 Å². The summed E-state index contributed by atoms with van der Waals surface area (Å²) in [6.07, 6.45) is 4.88. The number of amides is 1. The predicted octanol–water partition coefficient (Wildman–Crippen LogP) is 4.18. The molecule has 20 heavy (non-hydrogen) atoms. The van der Waals surface area contributed by atoms with Crippen molar-refractivity contribution in [2.24, 2.45) is 10.8 Å². The summed E-state index contributed by atoms with van der Waals surface area (Å²) >= 11 is 3.38. The first-order valence-corrected chi connectivity index (χ1v) is 7.89. The van der Waals surface area contributed by atoms with Crippen LogP contribution in [0, 0.1) is 10.8 Å². The zero-order valence-corrected chi connectivity index (χ0v) is 14.3. The number of pyridine rings is 1.